The molecule has 0 unspecified atom stereocenters. The van der Waals surface area contributed by atoms with Gasteiger partial charge in [0.15, 0.2) is 5.71 Å². The van der Waals surface area contributed by atoms with Crippen LogP contribution in [0.2, 0.25) is 5.02 Å². The second-order valence-electron chi connectivity index (χ2n) is 13.8. The maximum atomic E-state index is 14.5. The van der Waals surface area contributed by atoms with E-state index in [1.807, 2.05) is 72.8 Å². The SMILES string of the molecule is C[N+]1=C(/C=C\c2cc(-[n+]3c(-c4ccccc4)cc(-c4ccc(Cl)cc4)cc3-c3ccccc3)cc(-c3ccccc3)c2[O-])C(C)(C)c2ccccc21. The third-order valence-electron chi connectivity index (χ3n) is 10.2. The average Bonchev–Trinajstić information content (AvgIpc) is 3.38. The van der Waals surface area contributed by atoms with Gasteiger partial charge < -0.3 is 5.11 Å². The van der Waals surface area contributed by atoms with Gasteiger partial charge in [-0.1, -0.05) is 114 Å². The second kappa shape index (κ2) is 13.6. The minimum absolute atomic E-state index is 0.0105. The van der Waals surface area contributed by atoms with Gasteiger partial charge in [0, 0.05) is 58.1 Å². The molecule has 52 heavy (non-hydrogen) atoms. The summed E-state index contributed by atoms with van der Waals surface area (Å²) in [6.07, 6.45) is 4.13. The van der Waals surface area contributed by atoms with E-state index < -0.39 is 0 Å². The van der Waals surface area contributed by atoms with Gasteiger partial charge in [-0.15, -0.1) is 0 Å². The second-order valence-corrected chi connectivity index (χ2v) is 14.2. The van der Waals surface area contributed by atoms with Gasteiger partial charge in [0.25, 0.3) is 0 Å². The van der Waals surface area contributed by atoms with Gasteiger partial charge in [-0.2, -0.15) is 9.14 Å². The predicted octanol–water partition coefficient (Wildman–Crippen LogP) is 11.1. The van der Waals surface area contributed by atoms with Crippen LogP contribution in [-0.4, -0.2) is 17.3 Å². The summed E-state index contributed by atoms with van der Waals surface area (Å²) in [5, 5.41) is 15.2. The summed E-state index contributed by atoms with van der Waals surface area (Å²) in [6.45, 7) is 4.49. The number of benzene rings is 6. The number of halogens is 1. The van der Waals surface area contributed by atoms with Crippen LogP contribution < -0.4 is 9.67 Å². The molecule has 252 valence electrons. The van der Waals surface area contributed by atoms with Crippen LogP contribution in [0.5, 0.6) is 5.75 Å². The van der Waals surface area contributed by atoms with Crippen molar-refractivity contribution in [2.75, 3.05) is 7.05 Å². The Balaban J connectivity index is 1.41. The summed E-state index contributed by atoms with van der Waals surface area (Å²) in [5.41, 5.74) is 12.7. The number of para-hydroxylation sites is 1. The summed E-state index contributed by atoms with van der Waals surface area (Å²) < 4.78 is 4.53. The highest BCUT2D eigenvalue weighted by atomic mass is 35.5. The van der Waals surface area contributed by atoms with Gasteiger partial charge in [-0.25, -0.2) is 0 Å². The molecule has 0 amide bonds. The Kier molecular flexibility index (Phi) is 8.66. The first kappa shape index (κ1) is 33.1. The van der Waals surface area contributed by atoms with Crippen molar-refractivity contribution in [3.05, 3.63) is 186 Å². The molecule has 0 aliphatic carbocycles. The minimum Gasteiger partial charge on any atom is -0.872 e. The molecule has 0 spiro atoms. The van der Waals surface area contributed by atoms with E-state index in [0.29, 0.717) is 16.1 Å². The van der Waals surface area contributed by atoms with Gasteiger partial charge in [0.1, 0.15) is 7.05 Å². The van der Waals surface area contributed by atoms with Crippen molar-refractivity contribution < 1.29 is 14.2 Å². The summed E-state index contributed by atoms with van der Waals surface area (Å²) in [7, 11) is 2.10. The lowest BCUT2D eigenvalue weighted by Gasteiger charge is -2.20. The fraction of sp³-hybridized carbons (Fsp3) is 0.0833. The molecule has 0 N–H and O–H groups in total. The maximum absolute atomic E-state index is 14.5. The third kappa shape index (κ3) is 6.04. The van der Waals surface area contributed by atoms with Gasteiger partial charge >= 0.3 is 0 Å². The number of hydrogen-bond donors (Lipinski definition) is 0. The van der Waals surface area contributed by atoms with Crippen molar-refractivity contribution in [3.63, 3.8) is 0 Å². The Hall–Kier alpha value is -6.03. The summed E-state index contributed by atoms with van der Waals surface area (Å²) >= 11 is 6.33. The molecule has 1 aliphatic rings. The lowest BCUT2D eigenvalue weighted by Crippen LogP contribution is -2.36. The molecule has 0 radical (unpaired) electrons. The Labute approximate surface area is 310 Å². The number of pyridine rings is 1. The van der Waals surface area contributed by atoms with Crippen LogP contribution in [-0.2, 0) is 5.41 Å². The van der Waals surface area contributed by atoms with E-state index in [9.17, 15) is 5.11 Å². The molecular weight excluding hydrogens is 656 g/mol. The topological polar surface area (TPSA) is 29.9 Å². The van der Waals surface area contributed by atoms with E-state index >= 15 is 0 Å². The lowest BCUT2D eigenvalue weighted by molar-refractivity contribution is -0.572. The third-order valence-corrected chi connectivity index (χ3v) is 10.4. The largest absolute Gasteiger partial charge is 0.872 e. The predicted molar refractivity (Wildman–Crippen MR) is 214 cm³/mol. The monoisotopic (exact) mass is 693 g/mol. The van der Waals surface area contributed by atoms with E-state index in [0.717, 1.165) is 50.6 Å². The Morgan fingerprint density at radius 2 is 1.10 bits per heavy atom. The van der Waals surface area contributed by atoms with Crippen molar-refractivity contribution in [2.24, 2.45) is 0 Å². The summed E-state index contributed by atoms with van der Waals surface area (Å²) in [5.74, 6) is -0.0105. The molecule has 1 aromatic heterocycles. The zero-order valence-electron chi connectivity index (χ0n) is 29.4. The van der Waals surface area contributed by atoms with Crippen LogP contribution in [0, 0.1) is 0 Å². The molecule has 4 heteroatoms. The highest BCUT2D eigenvalue weighted by molar-refractivity contribution is 6.30. The van der Waals surface area contributed by atoms with Crippen LogP contribution in [0.3, 0.4) is 0 Å². The van der Waals surface area contributed by atoms with E-state index in [2.05, 4.69) is 133 Å². The standard InChI is InChI=1S/C48H38ClN2O/c1-48(2)42-21-13-14-22-43(42)50(3)46(48)28-25-37-29-40(32-41(47(37)52)34-15-7-4-8-16-34)51-44(35-17-9-5-10-18-35)30-38(33-23-26-39(49)27-24-33)31-45(51)36-19-11-6-12-20-36/h4-32H,1-3H3/q+1. The molecule has 0 saturated heterocycles. The number of aromatic nitrogens is 1. The molecule has 2 heterocycles. The molecule has 8 rings (SSSR count). The van der Waals surface area contributed by atoms with Gasteiger partial charge in [0.05, 0.1) is 5.41 Å². The van der Waals surface area contributed by atoms with Crippen molar-refractivity contribution in [1.82, 2.24) is 0 Å². The molecule has 6 aromatic carbocycles. The van der Waals surface area contributed by atoms with E-state index in [1.54, 1.807) is 0 Å². The first-order valence-corrected chi connectivity index (χ1v) is 17.9. The van der Waals surface area contributed by atoms with E-state index in [4.69, 9.17) is 11.6 Å². The number of rotatable bonds is 7. The fourth-order valence-corrected chi connectivity index (χ4v) is 7.64. The van der Waals surface area contributed by atoms with Crippen molar-refractivity contribution in [1.29, 1.82) is 0 Å². The fourth-order valence-electron chi connectivity index (χ4n) is 7.52. The van der Waals surface area contributed by atoms with Crippen molar-refractivity contribution in [2.45, 2.75) is 19.3 Å². The van der Waals surface area contributed by atoms with Crippen LogP contribution in [0.15, 0.2) is 170 Å². The Morgan fingerprint density at radius 3 is 1.67 bits per heavy atom. The molecule has 7 aromatic rings. The molecule has 0 atom stereocenters. The van der Waals surface area contributed by atoms with Gasteiger partial charge in [-0.3, -0.25) is 0 Å². The molecule has 0 saturated carbocycles. The zero-order valence-corrected chi connectivity index (χ0v) is 30.2. The summed E-state index contributed by atoms with van der Waals surface area (Å²) in [4.78, 5) is 0. The first-order valence-electron chi connectivity index (χ1n) is 17.6. The van der Waals surface area contributed by atoms with Crippen molar-refractivity contribution in [3.8, 4) is 56.2 Å². The highest BCUT2D eigenvalue weighted by Crippen LogP contribution is 2.40. The number of fused-ring (bicyclic) bond motifs is 1. The van der Waals surface area contributed by atoms with Gasteiger partial charge in [0.2, 0.25) is 22.8 Å². The van der Waals surface area contributed by atoms with E-state index in [1.165, 1.54) is 11.3 Å². The maximum Gasteiger partial charge on any atom is 0.219 e. The molecule has 1 aliphatic heterocycles. The van der Waals surface area contributed by atoms with Crippen LogP contribution in [0.1, 0.15) is 25.0 Å². The minimum atomic E-state index is -0.224. The quantitative estimate of drug-likeness (QED) is 0.153. The number of nitrogens with zero attached hydrogens (tertiary/aromatic N) is 2. The average molecular weight is 694 g/mol. The van der Waals surface area contributed by atoms with Crippen LogP contribution >= 0.6 is 11.6 Å². The van der Waals surface area contributed by atoms with Crippen molar-refractivity contribution >= 4 is 29.1 Å². The molecule has 0 bridgehead atoms. The Bertz CT molecular complexity index is 2420. The van der Waals surface area contributed by atoms with Crippen LogP contribution in [0.4, 0.5) is 5.69 Å². The zero-order chi connectivity index (χ0) is 35.8. The lowest BCUT2D eigenvalue weighted by atomic mass is 9.81. The Morgan fingerprint density at radius 1 is 0.558 bits per heavy atom. The first-order chi connectivity index (χ1) is 25.3. The van der Waals surface area contributed by atoms with Gasteiger partial charge in [-0.05, 0) is 84.1 Å². The number of allylic oxidation sites excluding steroid dienone is 1. The summed E-state index contributed by atoms with van der Waals surface area (Å²) in [6, 6.07) is 55.9. The normalized spacial score (nSPS) is 13.5. The molecule has 3 nitrogen and oxygen atoms in total. The molecular formula is C48H38ClN2O+. The van der Waals surface area contributed by atoms with E-state index in [-0.39, 0.29) is 11.2 Å². The molecule has 0 fully saturated rings. The van der Waals surface area contributed by atoms with Crippen LogP contribution in [0.25, 0.3) is 56.5 Å². The number of hydrogen-bond acceptors (Lipinski definition) is 1. The highest BCUT2D eigenvalue weighted by Gasteiger charge is 2.42. The smallest absolute Gasteiger partial charge is 0.219 e.